The first kappa shape index (κ1) is 13.4. The summed E-state index contributed by atoms with van der Waals surface area (Å²) in [5.41, 5.74) is 0. The lowest BCUT2D eigenvalue weighted by Gasteiger charge is -2.08. The molecule has 0 aliphatic heterocycles. The number of hydrogen-bond donors (Lipinski definition) is 1. The third-order valence-electron chi connectivity index (χ3n) is 2.57. The molecule has 4 nitrogen and oxygen atoms in total. The fraction of sp³-hybridized carbons (Fsp3) is 0.583. The second-order valence-electron chi connectivity index (χ2n) is 4.15. The van der Waals surface area contributed by atoms with E-state index in [1.165, 1.54) is 16.4 Å². The van der Waals surface area contributed by atoms with Gasteiger partial charge in [0.15, 0.2) is 0 Å². The molecule has 0 spiro atoms. The smallest absolute Gasteiger partial charge is 0.203 e. The van der Waals surface area contributed by atoms with Crippen molar-refractivity contribution in [3.63, 3.8) is 0 Å². The molecule has 98 valence electrons. The SMILES string of the molecule is CCCc1nsc(NC(C)c2ncc(CC)s2)n1. The van der Waals surface area contributed by atoms with Gasteiger partial charge in [-0.05, 0) is 19.8 Å². The largest absolute Gasteiger partial charge is 0.351 e. The Bertz CT molecular complexity index is 492. The minimum atomic E-state index is 0.192. The van der Waals surface area contributed by atoms with Crippen molar-refractivity contribution in [3.05, 3.63) is 21.9 Å². The second kappa shape index (κ2) is 6.24. The first-order chi connectivity index (χ1) is 8.72. The first-order valence-corrected chi connectivity index (χ1v) is 7.85. The predicted octanol–water partition coefficient (Wildman–Crippen LogP) is 3.68. The summed E-state index contributed by atoms with van der Waals surface area (Å²) < 4.78 is 4.33. The van der Waals surface area contributed by atoms with Crippen LogP contribution in [0.25, 0.3) is 0 Å². The Morgan fingerprint density at radius 3 is 2.89 bits per heavy atom. The molecule has 2 aromatic rings. The zero-order valence-electron chi connectivity index (χ0n) is 10.9. The molecule has 0 aromatic carbocycles. The van der Waals surface area contributed by atoms with Gasteiger partial charge in [0.05, 0.1) is 6.04 Å². The highest BCUT2D eigenvalue weighted by Crippen LogP contribution is 2.24. The molecule has 1 unspecified atom stereocenters. The molecule has 0 bridgehead atoms. The number of aryl methyl sites for hydroxylation is 2. The monoisotopic (exact) mass is 282 g/mol. The number of nitrogens with one attached hydrogen (secondary N) is 1. The van der Waals surface area contributed by atoms with E-state index in [1.807, 2.05) is 6.20 Å². The van der Waals surface area contributed by atoms with E-state index in [1.54, 1.807) is 11.3 Å². The van der Waals surface area contributed by atoms with Crippen LogP contribution in [0.1, 0.15) is 48.9 Å². The zero-order valence-corrected chi connectivity index (χ0v) is 12.6. The number of anilines is 1. The quantitative estimate of drug-likeness (QED) is 0.878. The summed E-state index contributed by atoms with van der Waals surface area (Å²) >= 11 is 3.19. The van der Waals surface area contributed by atoms with Crippen LogP contribution in [-0.2, 0) is 12.8 Å². The van der Waals surface area contributed by atoms with E-state index in [9.17, 15) is 0 Å². The Morgan fingerprint density at radius 2 is 2.22 bits per heavy atom. The lowest BCUT2D eigenvalue weighted by Crippen LogP contribution is -2.05. The molecule has 0 radical (unpaired) electrons. The highest BCUT2D eigenvalue weighted by molar-refractivity contribution is 7.11. The van der Waals surface area contributed by atoms with Crippen molar-refractivity contribution in [2.45, 2.75) is 46.1 Å². The van der Waals surface area contributed by atoms with Gasteiger partial charge in [0.1, 0.15) is 10.8 Å². The summed E-state index contributed by atoms with van der Waals surface area (Å²) in [7, 11) is 0. The van der Waals surface area contributed by atoms with Crippen LogP contribution < -0.4 is 5.32 Å². The molecule has 0 saturated heterocycles. The van der Waals surface area contributed by atoms with Gasteiger partial charge in [-0.3, -0.25) is 0 Å². The minimum absolute atomic E-state index is 0.192. The molecule has 18 heavy (non-hydrogen) atoms. The molecule has 0 amide bonds. The van der Waals surface area contributed by atoms with E-state index < -0.39 is 0 Å². The highest BCUT2D eigenvalue weighted by Gasteiger charge is 2.12. The van der Waals surface area contributed by atoms with E-state index in [4.69, 9.17) is 0 Å². The van der Waals surface area contributed by atoms with Gasteiger partial charge in [0, 0.05) is 29.0 Å². The highest BCUT2D eigenvalue weighted by atomic mass is 32.1. The third kappa shape index (κ3) is 3.26. The molecule has 0 aliphatic carbocycles. The minimum Gasteiger partial charge on any atom is -0.351 e. The number of rotatable bonds is 6. The lowest BCUT2D eigenvalue weighted by atomic mass is 10.3. The third-order valence-corrected chi connectivity index (χ3v) is 4.58. The van der Waals surface area contributed by atoms with Crippen LogP contribution in [-0.4, -0.2) is 14.3 Å². The molecule has 2 heterocycles. The molecule has 1 atom stereocenters. The van der Waals surface area contributed by atoms with Gasteiger partial charge >= 0.3 is 0 Å². The second-order valence-corrected chi connectivity index (χ2v) is 6.05. The molecule has 0 fully saturated rings. The van der Waals surface area contributed by atoms with Crippen molar-refractivity contribution in [1.29, 1.82) is 0 Å². The summed E-state index contributed by atoms with van der Waals surface area (Å²) in [6.45, 7) is 6.40. The Hall–Kier alpha value is -1.01. The van der Waals surface area contributed by atoms with Gasteiger partial charge in [-0.15, -0.1) is 11.3 Å². The summed E-state index contributed by atoms with van der Waals surface area (Å²) in [4.78, 5) is 10.2. The van der Waals surface area contributed by atoms with Crippen LogP contribution >= 0.6 is 22.9 Å². The summed E-state index contributed by atoms with van der Waals surface area (Å²) in [5.74, 6) is 0.936. The maximum atomic E-state index is 4.47. The van der Waals surface area contributed by atoms with Crippen molar-refractivity contribution >= 4 is 28.0 Å². The Labute approximate surface area is 116 Å². The molecule has 6 heteroatoms. The van der Waals surface area contributed by atoms with Crippen LogP contribution in [0.5, 0.6) is 0 Å². The molecular weight excluding hydrogens is 264 g/mol. The van der Waals surface area contributed by atoms with Crippen molar-refractivity contribution in [1.82, 2.24) is 14.3 Å². The molecular formula is C12H18N4S2. The summed E-state index contributed by atoms with van der Waals surface area (Å²) in [6.07, 6.45) is 5.03. The van der Waals surface area contributed by atoms with E-state index in [-0.39, 0.29) is 6.04 Å². The topological polar surface area (TPSA) is 50.7 Å². The molecule has 1 N–H and O–H groups in total. The molecule has 0 saturated carbocycles. The molecule has 2 aromatic heterocycles. The van der Waals surface area contributed by atoms with E-state index in [2.05, 4.69) is 40.4 Å². The maximum Gasteiger partial charge on any atom is 0.203 e. The van der Waals surface area contributed by atoms with Crippen LogP contribution in [0.15, 0.2) is 6.20 Å². The van der Waals surface area contributed by atoms with E-state index in [0.717, 1.165) is 35.2 Å². The van der Waals surface area contributed by atoms with Gasteiger partial charge in [-0.2, -0.15) is 4.37 Å². The normalized spacial score (nSPS) is 12.6. The van der Waals surface area contributed by atoms with Crippen molar-refractivity contribution in [2.75, 3.05) is 5.32 Å². The van der Waals surface area contributed by atoms with Crippen LogP contribution in [0, 0.1) is 0 Å². The predicted molar refractivity (Wildman–Crippen MR) is 77.4 cm³/mol. The van der Waals surface area contributed by atoms with Crippen molar-refractivity contribution in [2.24, 2.45) is 0 Å². The van der Waals surface area contributed by atoms with E-state index >= 15 is 0 Å². The number of thiazole rings is 1. The standard InChI is InChI=1S/C12H18N4S2/c1-4-6-10-15-12(18-16-10)14-8(3)11-13-7-9(5-2)17-11/h7-8H,4-6H2,1-3H3,(H,14,15,16). The van der Waals surface area contributed by atoms with Gasteiger partial charge in [-0.1, -0.05) is 13.8 Å². The first-order valence-electron chi connectivity index (χ1n) is 6.26. The van der Waals surface area contributed by atoms with Crippen LogP contribution in [0.3, 0.4) is 0 Å². The number of aromatic nitrogens is 3. The Balaban J connectivity index is 1.99. The summed E-state index contributed by atoms with van der Waals surface area (Å²) in [6, 6.07) is 0.192. The maximum absolute atomic E-state index is 4.47. The fourth-order valence-corrected chi connectivity index (χ4v) is 3.13. The van der Waals surface area contributed by atoms with Crippen molar-refractivity contribution in [3.8, 4) is 0 Å². The zero-order chi connectivity index (χ0) is 13.0. The number of nitrogens with zero attached hydrogens (tertiary/aromatic N) is 3. The van der Waals surface area contributed by atoms with Crippen molar-refractivity contribution < 1.29 is 0 Å². The van der Waals surface area contributed by atoms with Crippen LogP contribution in [0.2, 0.25) is 0 Å². The number of hydrogen-bond acceptors (Lipinski definition) is 6. The lowest BCUT2D eigenvalue weighted by molar-refractivity contribution is 0.843. The molecule has 2 rings (SSSR count). The average Bonchev–Trinajstić information content (AvgIpc) is 2.98. The Morgan fingerprint density at radius 1 is 1.39 bits per heavy atom. The fourth-order valence-electron chi connectivity index (χ4n) is 1.57. The summed E-state index contributed by atoms with van der Waals surface area (Å²) in [5, 5.41) is 5.37. The van der Waals surface area contributed by atoms with E-state index in [0.29, 0.717) is 0 Å². The van der Waals surface area contributed by atoms with Gasteiger partial charge in [0.2, 0.25) is 5.13 Å². The Kier molecular flexibility index (Phi) is 4.66. The van der Waals surface area contributed by atoms with Gasteiger partial charge in [-0.25, -0.2) is 9.97 Å². The molecule has 0 aliphatic rings. The van der Waals surface area contributed by atoms with Crippen LogP contribution in [0.4, 0.5) is 5.13 Å². The average molecular weight is 282 g/mol. The van der Waals surface area contributed by atoms with Gasteiger partial charge < -0.3 is 5.32 Å². The van der Waals surface area contributed by atoms with Gasteiger partial charge in [0.25, 0.3) is 0 Å².